The van der Waals surface area contributed by atoms with E-state index in [0.717, 1.165) is 38.8 Å². The number of carbonyl (C=O) groups is 2. The second kappa shape index (κ2) is 6.70. The number of nitrogens with zero attached hydrogens (tertiary/aromatic N) is 2. The standard InChI is InChI=1S/C16H24N4O3/c1-16(5-3-7-23-11-16)15(22)17-10-13-4-2-6-20(13)14(21)12-8-18-19-9-12/h8-9,13H,2-7,10-11H2,1H3,(H,17,22)(H,18,19)/t13-,16?/m1/s1. The predicted octanol–water partition coefficient (Wildman–Crippen LogP) is 0.947. The van der Waals surface area contributed by atoms with E-state index in [1.807, 2.05) is 11.8 Å². The van der Waals surface area contributed by atoms with Crippen LogP contribution in [0.5, 0.6) is 0 Å². The molecular formula is C16H24N4O3. The highest BCUT2D eigenvalue weighted by Crippen LogP contribution is 2.28. The number of aromatic nitrogens is 2. The molecule has 0 saturated carbocycles. The molecule has 23 heavy (non-hydrogen) atoms. The van der Waals surface area contributed by atoms with E-state index in [0.29, 0.717) is 18.7 Å². The summed E-state index contributed by atoms with van der Waals surface area (Å²) in [6.07, 6.45) is 6.79. The molecule has 0 radical (unpaired) electrons. The van der Waals surface area contributed by atoms with Gasteiger partial charge in [-0.15, -0.1) is 0 Å². The van der Waals surface area contributed by atoms with Crippen LogP contribution >= 0.6 is 0 Å². The first-order valence-corrected chi connectivity index (χ1v) is 8.26. The largest absolute Gasteiger partial charge is 0.380 e. The number of nitrogens with one attached hydrogen (secondary N) is 2. The van der Waals surface area contributed by atoms with Gasteiger partial charge in [-0.2, -0.15) is 5.10 Å². The van der Waals surface area contributed by atoms with Crippen molar-refractivity contribution in [1.82, 2.24) is 20.4 Å². The Morgan fingerprint density at radius 2 is 2.39 bits per heavy atom. The zero-order valence-corrected chi connectivity index (χ0v) is 13.5. The highest BCUT2D eigenvalue weighted by Gasteiger charge is 2.37. The SMILES string of the molecule is CC1(C(=O)NC[C@H]2CCCN2C(=O)c2cn[nH]c2)CCCOC1. The van der Waals surface area contributed by atoms with E-state index in [1.54, 1.807) is 6.20 Å². The van der Waals surface area contributed by atoms with Crippen LogP contribution in [-0.2, 0) is 9.53 Å². The molecule has 2 fully saturated rings. The zero-order chi connectivity index (χ0) is 16.3. The Bertz CT molecular complexity index is 552. The molecule has 7 nitrogen and oxygen atoms in total. The van der Waals surface area contributed by atoms with E-state index in [-0.39, 0.29) is 17.9 Å². The quantitative estimate of drug-likeness (QED) is 0.864. The lowest BCUT2D eigenvalue weighted by atomic mass is 9.84. The minimum atomic E-state index is -0.448. The summed E-state index contributed by atoms with van der Waals surface area (Å²) in [5.74, 6) is 0.00233. The summed E-state index contributed by atoms with van der Waals surface area (Å²) in [6, 6.07) is 0.0504. The van der Waals surface area contributed by atoms with Crippen LogP contribution in [0.4, 0.5) is 0 Å². The van der Waals surface area contributed by atoms with Gasteiger partial charge in [0.1, 0.15) is 0 Å². The summed E-state index contributed by atoms with van der Waals surface area (Å²) < 4.78 is 5.45. The van der Waals surface area contributed by atoms with Crippen LogP contribution in [0.2, 0.25) is 0 Å². The van der Waals surface area contributed by atoms with Crippen LogP contribution in [0, 0.1) is 5.41 Å². The first-order chi connectivity index (χ1) is 11.1. The predicted molar refractivity (Wildman–Crippen MR) is 83.8 cm³/mol. The molecule has 1 unspecified atom stereocenters. The molecular weight excluding hydrogens is 296 g/mol. The lowest BCUT2D eigenvalue weighted by molar-refractivity contribution is -0.137. The van der Waals surface area contributed by atoms with Gasteiger partial charge >= 0.3 is 0 Å². The Kier molecular flexibility index (Phi) is 4.66. The third-order valence-corrected chi connectivity index (χ3v) is 4.87. The van der Waals surface area contributed by atoms with E-state index >= 15 is 0 Å². The van der Waals surface area contributed by atoms with Crippen molar-refractivity contribution in [3.63, 3.8) is 0 Å². The van der Waals surface area contributed by atoms with E-state index in [1.165, 1.54) is 6.20 Å². The summed E-state index contributed by atoms with van der Waals surface area (Å²) in [6.45, 7) is 4.38. The van der Waals surface area contributed by atoms with Gasteiger partial charge in [0, 0.05) is 31.9 Å². The Morgan fingerprint density at radius 3 is 3.09 bits per heavy atom. The molecule has 7 heteroatoms. The van der Waals surface area contributed by atoms with E-state index in [9.17, 15) is 9.59 Å². The second-order valence-electron chi connectivity index (χ2n) is 6.71. The normalized spacial score (nSPS) is 27.9. The number of likely N-dealkylation sites (tertiary alicyclic amines) is 1. The second-order valence-corrected chi connectivity index (χ2v) is 6.71. The monoisotopic (exact) mass is 320 g/mol. The number of carbonyl (C=O) groups excluding carboxylic acids is 2. The molecule has 0 spiro atoms. The summed E-state index contributed by atoms with van der Waals surface area (Å²) in [7, 11) is 0. The van der Waals surface area contributed by atoms with Crippen LogP contribution in [0.1, 0.15) is 43.0 Å². The Morgan fingerprint density at radius 1 is 1.52 bits per heavy atom. The number of ether oxygens (including phenoxy) is 1. The molecule has 2 saturated heterocycles. The maximum absolute atomic E-state index is 12.5. The van der Waals surface area contributed by atoms with E-state index < -0.39 is 5.41 Å². The average molecular weight is 320 g/mol. The van der Waals surface area contributed by atoms with Gasteiger partial charge in [-0.25, -0.2) is 0 Å². The summed E-state index contributed by atoms with van der Waals surface area (Å²) in [5, 5.41) is 9.52. The highest BCUT2D eigenvalue weighted by molar-refractivity contribution is 5.94. The lowest BCUT2D eigenvalue weighted by Crippen LogP contribution is -2.49. The Labute approximate surface area is 135 Å². The van der Waals surface area contributed by atoms with Crippen LogP contribution < -0.4 is 5.32 Å². The minimum absolute atomic E-state index is 0.0253. The van der Waals surface area contributed by atoms with Crippen molar-refractivity contribution in [2.75, 3.05) is 26.3 Å². The van der Waals surface area contributed by atoms with Crippen molar-refractivity contribution in [1.29, 1.82) is 0 Å². The van der Waals surface area contributed by atoms with Gasteiger partial charge in [-0.05, 0) is 32.6 Å². The number of rotatable bonds is 4. The Hall–Kier alpha value is -1.89. The van der Waals surface area contributed by atoms with E-state index in [4.69, 9.17) is 4.74 Å². The average Bonchev–Trinajstić information content (AvgIpc) is 3.24. The summed E-state index contributed by atoms with van der Waals surface area (Å²) >= 11 is 0. The number of H-pyrrole nitrogens is 1. The first kappa shape index (κ1) is 16.0. The van der Waals surface area contributed by atoms with Gasteiger partial charge in [0.15, 0.2) is 0 Å². The first-order valence-electron chi connectivity index (χ1n) is 8.26. The molecule has 2 atom stereocenters. The van der Waals surface area contributed by atoms with E-state index in [2.05, 4.69) is 15.5 Å². The third kappa shape index (κ3) is 3.39. The topological polar surface area (TPSA) is 87.3 Å². The van der Waals surface area contributed by atoms with Gasteiger partial charge < -0.3 is 15.0 Å². The molecule has 2 N–H and O–H groups in total. The number of hydrogen-bond acceptors (Lipinski definition) is 4. The molecule has 0 aliphatic carbocycles. The molecule has 126 valence electrons. The number of amides is 2. The highest BCUT2D eigenvalue weighted by atomic mass is 16.5. The zero-order valence-electron chi connectivity index (χ0n) is 13.5. The van der Waals surface area contributed by atoms with Gasteiger partial charge in [-0.1, -0.05) is 0 Å². The fourth-order valence-corrected chi connectivity index (χ4v) is 3.39. The molecule has 1 aromatic heterocycles. The smallest absolute Gasteiger partial charge is 0.257 e. The maximum Gasteiger partial charge on any atom is 0.257 e. The lowest BCUT2D eigenvalue weighted by Gasteiger charge is -2.33. The van der Waals surface area contributed by atoms with Gasteiger partial charge in [0.05, 0.1) is 23.8 Å². The van der Waals surface area contributed by atoms with Gasteiger partial charge in [0.25, 0.3) is 5.91 Å². The minimum Gasteiger partial charge on any atom is -0.380 e. The number of hydrogen-bond donors (Lipinski definition) is 2. The number of aromatic amines is 1. The molecule has 3 rings (SSSR count). The van der Waals surface area contributed by atoms with Crippen LogP contribution in [0.25, 0.3) is 0 Å². The van der Waals surface area contributed by atoms with Crippen molar-refractivity contribution in [2.24, 2.45) is 5.41 Å². The van der Waals surface area contributed by atoms with Crippen LogP contribution in [0.15, 0.2) is 12.4 Å². The molecule has 2 amide bonds. The fraction of sp³-hybridized carbons (Fsp3) is 0.688. The van der Waals surface area contributed by atoms with Crippen molar-refractivity contribution in [3.05, 3.63) is 18.0 Å². The van der Waals surface area contributed by atoms with Crippen LogP contribution in [-0.4, -0.2) is 59.3 Å². The Balaban J connectivity index is 1.56. The van der Waals surface area contributed by atoms with Crippen LogP contribution in [0.3, 0.4) is 0 Å². The maximum atomic E-state index is 12.5. The molecule has 3 heterocycles. The summed E-state index contributed by atoms with van der Waals surface area (Å²) in [4.78, 5) is 26.8. The fourth-order valence-electron chi connectivity index (χ4n) is 3.39. The molecule has 1 aromatic rings. The third-order valence-electron chi connectivity index (χ3n) is 4.87. The molecule has 0 aromatic carbocycles. The molecule has 0 bridgehead atoms. The van der Waals surface area contributed by atoms with Gasteiger partial charge in [-0.3, -0.25) is 14.7 Å². The van der Waals surface area contributed by atoms with Crippen molar-refractivity contribution in [3.8, 4) is 0 Å². The van der Waals surface area contributed by atoms with Crippen molar-refractivity contribution < 1.29 is 14.3 Å². The van der Waals surface area contributed by atoms with Crippen molar-refractivity contribution >= 4 is 11.8 Å². The molecule has 2 aliphatic heterocycles. The summed E-state index contributed by atoms with van der Waals surface area (Å²) in [5.41, 5.74) is 0.117. The molecule has 2 aliphatic rings. The van der Waals surface area contributed by atoms with Gasteiger partial charge in [0.2, 0.25) is 5.91 Å². The van der Waals surface area contributed by atoms with Crippen molar-refractivity contribution in [2.45, 2.75) is 38.6 Å².